The molecule has 1 aliphatic carbocycles. The lowest BCUT2D eigenvalue weighted by molar-refractivity contribution is -0.128. The topological polar surface area (TPSA) is 109 Å². The Kier molecular flexibility index (Phi) is 4.66. The van der Waals surface area contributed by atoms with Crippen LogP contribution in [0.15, 0.2) is 24.7 Å². The van der Waals surface area contributed by atoms with Gasteiger partial charge in [-0.3, -0.25) is 4.79 Å². The highest BCUT2D eigenvalue weighted by Crippen LogP contribution is 2.37. The quantitative estimate of drug-likeness (QED) is 0.604. The highest BCUT2D eigenvalue weighted by atomic mass is 16.3. The maximum absolute atomic E-state index is 12.4. The summed E-state index contributed by atoms with van der Waals surface area (Å²) in [4.78, 5) is 20.0. The summed E-state index contributed by atoms with van der Waals surface area (Å²) in [6.45, 7) is 6.00. The monoisotopic (exact) mass is 382 g/mol. The van der Waals surface area contributed by atoms with E-state index in [2.05, 4.69) is 31.7 Å². The van der Waals surface area contributed by atoms with Gasteiger partial charge in [0.05, 0.1) is 12.2 Å². The van der Waals surface area contributed by atoms with Crippen molar-refractivity contribution >= 4 is 16.9 Å². The Morgan fingerprint density at radius 3 is 2.93 bits per heavy atom. The second-order valence-electron chi connectivity index (χ2n) is 8.23. The van der Waals surface area contributed by atoms with Crippen LogP contribution in [-0.2, 0) is 16.8 Å². The molecule has 28 heavy (non-hydrogen) atoms. The molecule has 0 spiro atoms. The summed E-state index contributed by atoms with van der Waals surface area (Å²) in [6, 6.07) is 2.29. The van der Waals surface area contributed by atoms with Crippen molar-refractivity contribution < 1.29 is 9.90 Å². The van der Waals surface area contributed by atoms with Crippen molar-refractivity contribution in [3.05, 3.63) is 41.5 Å². The lowest BCUT2D eigenvalue weighted by Gasteiger charge is -2.33. The van der Waals surface area contributed by atoms with Gasteiger partial charge in [-0.25, -0.2) is 9.67 Å². The van der Waals surface area contributed by atoms with Crippen LogP contribution in [-0.4, -0.2) is 42.5 Å². The number of carbonyl (C=O) groups is 1. The molecule has 1 aliphatic rings. The number of pyridine rings is 1. The molecule has 4 rings (SSSR count). The van der Waals surface area contributed by atoms with E-state index in [1.54, 1.807) is 24.7 Å². The zero-order chi connectivity index (χ0) is 19.9. The van der Waals surface area contributed by atoms with Crippen LogP contribution in [0.3, 0.4) is 0 Å². The molecule has 3 aromatic heterocycles. The molecule has 0 radical (unpaired) electrons. The minimum Gasteiger partial charge on any atom is -0.384 e. The lowest BCUT2D eigenvalue weighted by Crippen LogP contribution is -2.40. The Morgan fingerprint density at radius 1 is 1.43 bits per heavy atom. The highest BCUT2D eigenvalue weighted by molar-refractivity contribution is 5.81. The summed E-state index contributed by atoms with van der Waals surface area (Å²) in [7, 11) is 0. The van der Waals surface area contributed by atoms with Crippen LogP contribution in [0.1, 0.15) is 49.6 Å². The van der Waals surface area contributed by atoms with Gasteiger partial charge in [-0.2, -0.15) is 0 Å². The van der Waals surface area contributed by atoms with E-state index in [4.69, 9.17) is 0 Å². The molecule has 3 heterocycles. The molecule has 8 nitrogen and oxygen atoms in total. The van der Waals surface area contributed by atoms with Crippen LogP contribution < -0.4 is 5.32 Å². The van der Waals surface area contributed by atoms with E-state index >= 15 is 0 Å². The number of aromatic nitrogens is 5. The summed E-state index contributed by atoms with van der Waals surface area (Å²) in [5.41, 5.74) is 2.71. The molecule has 0 atom stereocenters. The number of amides is 1. The van der Waals surface area contributed by atoms with Crippen LogP contribution in [0, 0.1) is 12.8 Å². The van der Waals surface area contributed by atoms with E-state index in [1.807, 2.05) is 19.3 Å². The molecular weight excluding hydrogens is 356 g/mol. The number of rotatable bonds is 6. The third-order valence-electron chi connectivity index (χ3n) is 5.44. The van der Waals surface area contributed by atoms with E-state index < -0.39 is 5.60 Å². The summed E-state index contributed by atoms with van der Waals surface area (Å²) in [6.07, 6.45) is 7.84. The van der Waals surface area contributed by atoms with Gasteiger partial charge in [0.25, 0.3) is 0 Å². The molecule has 3 aromatic rings. The maximum atomic E-state index is 12.4. The molecule has 0 aliphatic heterocycles. The van der Waals surface area contributed by atoms with Crippen molar-refractivity contribution in [2.45, 2.75) is 51.7 Å². The van der Waals surface area contributed by atoms with Crippen LogP contribution in [0.4, 0.5) is 0 Å². The van der Waals surface area contributed by atoms with E-state index in [0.717, 1.165) is 35.9 Å². The van der Waals surface area contributed by atoms with E-state index in [-0.39, 0.29) is 17.9 Å². The van der Waals surface area contributed by atoms with Crippen LogP contribution in [0.5, 0.6) is 0 Å². The molecule has 0 aromatic carbocycles. The van der Waals surface area contributed by atoms with Gasteiger partial charge in [0, 0.05) is 30.2 Å². The zero-order valence-electron chi connectivity index (χ0n) is 16.4. The fourth-order valence-corrected chi connectivity index (χ4v) is 3.59. The third kappa shape index (κ3) is 3.64. The largest absolute Gasteiger partial charge is 0.384 e. The molecule has 1 fully saturated rings. The molecule has 8 heteroatoms. The lowest BCUT2D eigenvalue weighted by atomic mass is 9.79. The first kappa shape index (κ1) is 18.6. The Labute approximate surface area is 163 Å². The van der Waals surface area contributed by atoms with Crippen molar-refractivity contribution in [2.75, 3.05) is 6.54 Å². The van der Waals surface area contributed by atoms with E-state index in [0.29, 0.717) is 12.2 Å². The number of aryl methyl sites for hydroxylation is 1. The van der Waals surface area contributed by atoms with Gasteiger partial charge in [0.2, 0.25) is 5.91 Å². The van der Waals surface area contributed by atoms with E-state index in [9.17, 15) is 9.90 Å². The van der Waals surface area contributed by atoms with Crippen molar-refractivity contribution in [3.63, 3.8) is 0 Å². The molecule has 148 valence electrons. The first-order valence-electron chi connectivity index (χ1n) is 9.66. The van der Waals surface area contributed by atoms with Crippen LogP contribution >= 0.6 is 0 Å². The van der Waals surface area contributed by atoms with Gasteiger partial charge < -0.3 is 15.4 Å². The summed E-state index contributed by atoms with van der Waals surface area (Å²) in [5.74, 6) is 0.0971. The Morgan fingerprint density at radius 2 is 2.21 bits per heavy atom. The fraction of sp³-hybridized carbons (Fsp3) is 0.500. The van der Waals surface area contributed by atoms with E-state index in [1.165, 1.54) is 5.56 Å². The average Bonchev–Trinajstić information content (AvgIpc) is 3.21. The fourth-order valence-electron chi connectivity index (χ4n) is 3.59. The Hall–Kier alpha value is -2.74. The second-order valence-corrected chi connectivity index (χ2v) is 8.23. The number of hydrogen-bond acceptors (Lipinski definition) is 5. The summed E-state index contributed by atoms with van der Waals surface area (Å²) in [5, 5.41) is 22.3. The molecule has 0 saturated heterocycles. The summed E-state index contributed by atoms with van der Waals surface area (Å²) >= 11 is 0. The number of aliphatic hydroxyl groups is 1. The van der Waals surface area contributed by atoms with Crippen LogP contribution in [0.2, 0.25) is 0 Å². The van der Waals surface area contributed by atoms with Gasteiger partial charge in [-0.1, -0.05) is 5.21 Å². The van der Waals surface area contributed by atoms with Gasteiger partial charge in [0.1, 0.15) is 16.9 Å². The standard InChI is InChI=1S/C20H26N6O2/c1-12-6-16-13(10-23-18(16)22-9-12)4-5-21-19(27)14-7-15(8-14)26-11-17(24-25-26)20(2,3)28/h6,9-11,14-15,28H,4-5,7-8H2,1-3H3,(H,21,27)(H,22,23). The van der Waals surface area contributed by atoms with Crippen molar-refractivity contribution in [2.24, 2.45) is 5.92 Å². The number of hydrogen-bond donors (Lipinski definition) is 3. The highest BCUT2D eigenvalue weighted by Gasteiger charge is 2.36. The number of carbonyl (C=O) groups excluding carboxylic acids is 1. The van der Waals surface area contributed by atoms with Crippen LogP contribution in [0.25, 0.3) is 11.0 Å². The van der Waals surface area contributed by atoms with Crippen molar-refractivity contribution in [3.8, 4) is 0 Å². The smallest absolute Gasteiger partial charge is 0.223 e. The predicted octanol–water partition coefficient (Wildman–Crippen LogP) is 2.00. The SMILES string of the molecule is Cc1cnc2[nH]cc(CCNC(=O)C3CC(n4cc(C(C)(C)O)nn4)C3)c2c1. The molecule has 3 N–H and O–H groups in total. The molecule has 0 unspecified atom stereocenters. The molecular formula is C20H26N6O2. The average molecular weight is 382 g/mol. The van der Waals surface area contributed by atoms with Gasteiger partial charge >= 0.3 is 0 Å². The van der Waals surface area contributed by atoms with Gasteiger partial charge in [-0.05, 0) is 57.2 Å². The first-order chi connectivity index (χ1) is 13.3. The predicted molar refractivity (Wildman–Crippen MR) is 105 cm³/mol. The Bertz CT molecular complexity index is 994. The van der Waals surface area contributed by atoms with Gasteiger partial charge in [-0.15, -0.1) is 5.10 Å². The molecule has 0 bridgehead atoms. The van der Waals surface area contributed by atoms with Gasteiger partial charge in [0.15, 0.2) is 0 Å². The first-order valence-corrected chi connectivity index (χ1v) is 9.66. The number of aromatic amines is 1. The molecule has 1 amide bonds. The van der Waals surface area contributed by atoms with Crippen molar-refractivity contribution in [1.29, 1.82) is 0 Å². The number of nitrogens with one attached hydrogen (secondary N) is 2. The number of fused-ring (bicyclic) bond motifs is 1. The van der Waals surface area contributed by atoms with Crippen molar-refractivity contribution in [1.82, 2.24) is 30.3 Å². The summed E-state index contributed by atoms with van der Waals surface area (Å²) < 4.78 is 1.76. The second kappa shape index (κ2) is 7.01. The minimum absolute atomic E-state index is 0.00617. The molecule has 1 saturated carbocycles. The number of H-pyrrole nitrogens is 1. The number of nitrogens with zero attached hydrogens (tertiary/aromatic N) is 4. The zero-order valence-corrected chi connectivity index (χ0v) is 16.4. The third-order valence-corrected chi connectivity index (χ3v) is 5.44. The normalized spacial score (nSPS) is 19.6. The Balaban J connectivity index is 1.26. The maximum Gasteiger partial charge on any atom is 0.223 e. The minimum atomic E-state index is -1.00.